The first-order valence-corrected chi connectivity index (χ1v) is 6.31. The number of pyridine rings is 1. The van der Waals surface area contributed by atoms with Crippen LogP contribution in [0.5, 0.6) is 0 Å². The summed E-state index contributed by atoms with van der Waals surface area (Å²) in [6.07, 6.45) is 1.46. The third-order valence-electron chi connectivity index (χ3n) is 2.64. The van der Waals surface area contributed by atoms with Gasteiger partial charge in [-0.25, -0.2) is 4.98 Å². The second-order valence-electron chi connectivity index (χ2n) is 3.86. The van der Waals surface area contributed by atoms with Gasteiger partial charge >= 0.3 is 0 Å². The van der Waals surface area contributed by atoms with E-state index < -0.39 is 0 Å². The summed E-state index contributed by atoms with van der Waals surface area (Å²) in [6, 6.07) is 12.4. The summed E-state index contributed by atoms with van der Waals surface area (Å²) in [5.74, 6) is -0.189. The van der Waals surface area contributed by atoms with Crippen LogP contribution < -0.4 is 4.90 Å². The molecular weight excluding hydrogens is 306 g/mol. The smallest absolute Gasteiger partial charge is 0.258 e. The lowest BCUT2D eigenvalue weighted by Crippen LogP contribution is -2.26. The van der Waals surface area contributed by atoms with E-state index in [9.17, 15) is 4.79 Å². The minimum atomic E-state index is -0.189. The Hall–Kier alpha value is -2.19. The Kier molecular flexibility index (Phi) is 3.93. The van der Waals surface area contributed by atoms with Crippen molar-refractivity contribution in [2.24, 2.45) is 0 Å². The molecule has 2 rings (SSSR count). The van der Waals surface area contributed by atoms with Crippen molar-refractivity contribution in [2.75, 3.05) is 11.9 Å². The maximum Gasteiger partial charge on any atom is 0.258 e. The number of amides is 1. The van der Waals surface area contributed by atoms with E-state index in [2.05, 4.69) is 20.9 Å². The number of nitriles is 1. The van der Waals surface area contributed by atoms with Gasteiger partial charge in [-0.2, -0.15) is 5.26 Å². The number of hydrogen-bond acceptors (Lipinski definition) is 3. The summed E-state index contributed by atoms with van der Waals surface area (Å²) in [5.41, 5.74) is 1.43. The van der Waals surface area contributed by atoms with Crippen LogP contribution in [-0.4, -0.2) is 17.9 Å². The van der Waals surface area contributed by atoms with Gasteiger partial charge in [-0.15, -0.1) is 0 Å². The van der Waals surface area contributed by atoms with Gasteiger partial charge in [0.2, 0.25) is 0 Å². The van der Waals surface area contributed by atoms with Crippen molar-refractivity contribution in [2.45, 2.75) is 0 Å². The fourth-order valence-corrected chi connectivity index (χ4v) is 2.20. The molecule has 0 unspecified atom stereocenters. The van der Waals surface area contributed by atoms with Crippen LogP contribution in [0.4, 0.5) is 5.69 Å². The molecule has 0 bridgehead atoms. The van der Waals surface area contributed by atoms with E-state index in [1.807, 2.05) is 30.3 Å². The number of benzene rings is 1. The lowest BCUT2D eigenvalue weighted by molar-refractivity contribution is 0.0992. The number of rotatable bonds is 2. The first-order chi connectivity index (χ1) is 9.13. The van der Waals surface area contributed by atoms with Crippen LogP contribution >= 0.6 is 15.9 Å². The van der Waals surface area contributed by atoms with Crippen molar-refractivity contribution in [1.82, 2.24) is 4.98 Å². The van der Waals surface area contributed by atoms with Crippen LogP contribution in [0.1, 0.15) is 16.1 Å². The molecule has 0 aliphatic carbocycles. The van der Waals surface area contributed by atoms with Crippen LogP contribution in [0.3, 0.4) is 0 Å². The van der Waals surface area contributed by atoms with Crippen molar-refractivity contribution in [3.63, 3.8) is 0 Å². The summed E-state index contributed by atoms with van der Waals surface area (Å²) >= 11 is 3.41. The molecule has 2 aromatic rings. The van der Waals surface area contributed by atoms with Crippen molar-refractivity contribution in [3.05, 3.63) is 58.3 Å². The Morgan fingerprint density at radius 3 is 2.79 bits per heavy atom. The molecule has 0 aliphatic rings. The van der Waals surface area contributed by atoms with E-state index in [-0.39, 0.29) is 11.6 Å². The van der Waals surface area contributed by atoms with Gasteiger partial charge in [-0.05, 0) is 40.2 Å². The van der Waals surface area contributed by atoms with E-state index in [1.54, 1.807) is 13.1 Å². The Labute approximate surface area is 119 Å². The van der Waals surface area contributed by atoms with Crippen LogP contribution in [0, 0.1) is 11.3 Å². The fraction of sp³-hybridized carbons (Fsp3) is 0.0714. The van der Waals surface area contributed by atoms with Crippen LogP contribution in [-0.2, 0) is 0 Å². The van der Waals surface area contributed by atoms with Gasteiger partial charge < -0.3 is 4.90 Å². The molecule has 1 aromatic heterocycles. The number of carbonyl (C=O) groups is 1. The molecule has 1 aromatic carbocycles. The van der Waals surface area contributed by atoms with Crippen LogP contribution in [0.15, 0.2) is 47.1 Å². The van der Waals surface area contributed by atoms with Crippen molar-refractivity contribution < 1.29 is 4.79 Å². The first kappa shape index (κ1) is 13.2. The van der Waals surface area contributed by atoms with E-state index in [0.717, 1.165) is 10.2 Å². The summed E-state index contributed by atoms with van der Waals surface area (Å²) in [4.78, 5) is 17.7. The SMILES string of the molecule is CN(C(=O)c1ccnc(C#N)c1)c1ccccc1Br. The highest BCUT2D eigenvalue weighted by molar-refractivity contribution is 9.10. The molecule has 94 valence electrons. The predicted molar refractivity (Wildman–Crippen MR) is 75.8 cm³/mol. The molecule has 0 radical (unpaired) electrons. The molecule has 0 spiro atoms. The number of hydrogen-bond donors (Lipinski definition) is 0. The maximum absolute atomic E-state index is 12.3. The molecule has 1 heterocycles. The first-order valence-electron chi connectivity index (χ1n) is 5.52. The molecule has 0 saturated heterocycles. The Bertz CT molecular complexity index is 664. The maximum atomic E-state index is 12.3. The zero-order valence-electron chi connectivity index (χ0n) is 10.2. The number of aromatic nitrogens is 1. The summed E-state index contributed by atoms with van der Waals surface area (Å²) in [5, 5.41) is 8.80. The van der Waals surface area contributed by atoms with Gasteiger partial charge in [0.15, 0.2) is 0 Å². The monoisotopic (exact) mass is 315 g/mol. The molecule has 4 nitrogen and oxygen atoms in total. The number of nitrogens with zero attached hydrogens (tertiary/aromatic N) is 3. The number of carbonyl (C=O) groups excluding carboxylic acids is 1. The van der Waals surface area contributed by atoms with Gasteiger partial charge in [0.25, 0.3) is 5.91 Å². The minimum absolute atomic E-state index is 0.189. The lowest BCUT2D eigenvalue weighted by atomic mass is 10.2. The van der Waals surface area contributed by atoms with Gasteiger partial charge in [0.05, 0.1) is 5.69 Å². The number of para-hydroxylation sites is 1. The van der Waals surface area contributed by atoms with Crippen molar-refractivity contribution >= 4 is 27.5 Å². The molecule has 5 heteroatoms. The average Bonchev–Trinajstić information content (AvgIpc) is 2.46. The average molecular weight is 316 g/mol. The lowest BCUT2D eigenvalue weighted by Gasteiger charge is -2.18. The zero-order chi connectivity index (χ0) is 13.8. The second kappa shape index (κ2) is 5.63. The summed E-state index contributed by atoms with van der Waals surface area (Å²) in [6.45, 7) is 0. The molecule has 0 fully saturated rings. The number of halogens is 1. The zero-order valence-corrected chi connectivity index (χ0v) is 11.8. The van der Waals surface area contributed by atoms with E-state index in [0.29, 0.717) is 5.56 Å². The molecule has 1 amide bonds. The Balaban J connectivity index is 2.34. The topological polar surface area (TPSA) is 57.0 Å². The normalized spacial score (nSPS) is 9.74. The predicted octanol–water partition coefficient (Wildman–Crippen LogP) is 2.99. The summed E-state index contributed by atoms with van der Waals surface area (Å²) < 4.78 is 0.834. The highest BCUT2D eigenvalue weighted by Gasteiger charge is 2.15. The molecular formula is C14H10BrN3O. The Morgan fingerprint density at radius 1 is 1.37 bits per heavy atom. The quantitative estimate of drug-likeness (QED) is 0.856. The van der Waals surface area contributed by atoms with E-state index in [4.69, 9.17) is 5.26 Å². The van der Waals surface area contributed by atoms with Gasteiger partial charge in [-0.3, -0.25) is 4.79 Å². The molecule has 0 N–H and O–H groups in total. The van der Waals surface area contributed by atoms with Crippen LogP contribution in [0.25, 0.3) is 0 Å². The third-order valence-corrected chi connectivity index (χ3v) is 3.31. The summed E-state index contributed by atoms with van der Waals surface area (Å²) in [7, 11) is 1.69. The van der Waals surface area contributed by atoms with Crippen LogP contribution in [0.2, 0.25) is 0 Å². The van der Waals surface area contributed by atoms with Gasteiger partial charge in [0, 0.05) is 23.3 Å². The largest absolute Gasteiger partial charge is 0.310 e. The highest BCUT2D eigenvalue weighted by Crippen LogP contribution is 2.25. The minimum Gasteiger partial charge on any atom is -0.310 e. The molecule has 0 saturated carbocycles. The molecule has 19 heavy (non-hydrogen) atoms. The van der Waals surface area contributed by atoms with E-state index in [1.165, 1.54) is 17.2 Å². The highest BCUT2D eigenvalue weighted by atomic mass is 79.9. The van der Waals surface area contributed by atoms with E-state index >= 15 is 0 Å². The third kappa shape index (κ3) is 2.80. The fourth-order valence-electron chi connectivity index (χ4n) is 1.65. The van der Waals surface area contributed by atoms with Crippen molar-refractivity contribution in [1.29, 1.82) is 5.26 Å². The Morgan fingerprint density at radius 2 is 2.11 bits per heavy atom. The molecule has 0 atom stereocenters. The van der Waals surface area contributed by atoms with Crippen molar-refractivity contribution in [3.8, 4) is 6.07 Å². The van der Waals surface area contributed by atoms with Gasteiger partial charge in [0.1, 0.15) is 11.8 Å². The van der Waals surface area contributed by atoms with Gasteiger partial charge in [-0.1, -0.05) is 12.1 Å². The number of anilines is 1. The molecule has 0 aliphatic heterocycles. The standard InChI is InChI=1S/C14H10BrN3O/c1-18(13-5-3-2-4-12(13)15)14(19)10-6-7-17-11(8-10)9-16/h2-8H,1H3. The second-order valence-corrected chi connectivity index (χ2v) is 4.71.